The Hall–Kier alpha value is -2.56. The van der Waals surface area contributed by atoms with Crippen LogP contribution in [0.3, 0.4) is 0 Å². The van der Waals surface area contributed by atoms with Gasteiger partial charge >= 0.3 is 11.9 Å². The monoisotopic (exact) mass is 340 g/mol. The van der Waals surface area contributed by atoms with Gasteiger partial charge in [-0.05, 0) is 75.9 Å². The lowest BCUT2D eigenvalue weighted by Gasteiger charge is -2.11. The first-order valence-corrected chi connectivity index (χ1v) is 8.28. The molecule has 25 heavy (non-hydrogen) atoms. The van der Waals surface area contributed by atoms with Crippen molar-refractivity contribution in [2.24, 2.45) is 0 Å². The van der Waals surface area contributed by atoms with E-state index in [1.165, 1.54) is 0 Å². The molecule has 2 rings (SSSR count). The van der Waals surface area contributed by atoms with Crippen LogP contribution in [0.1, 0.15) is 45.0 Å². The van der Waals surface area contributed by atoms with E-state index in [0.717, 1.165) is 45.0 Å². The number of ether oxygens (including phenoxy) is 1. The molecule has 0 spiro atoms. The number of carbonyl (C=O) groups excluding carboxylic acids is 2. The van der Waals surface area contributed by atoms with Gasteiger partial charge < -0.3 is 4.74 Å². The largest absolute Gasteiger partial charge is 0.393 e. The second-order valence-corrected chi connectivity index (χ2v) is 6.49. The maximum Gasteiger partial charge on any atom is 0.317 e. The van der Waals surface area contributed by atoms with Crippen molar-refractivity contribution in [3.8, 4) is 0 Å². The third kappa shape index (κ3) is 4.72. The van der Waals surface area contributed by atoms with Gasteiger partial charge in [-0.15, -0.1) is 0 Å². The van der Waals surface area contributed by atoms with Crippen LogP contribution in [0.5, 0.6) is 0 Å². The SMILES string of the molecule is Cc1cc(C)c(CC(=O)OC(=O)Cc2c(C)cc(C)nc2C)c(C)n1. The van der Waals surface area contributed by atoms with E-state index in [1.807, 2.05) is 53.7 Å². The molecule has 0 atom stereocenters. The summed E-state index contributed by atoms with van der Waals surface area (Å²) < 4.78 is 5.01. The van der Waals surface area contributed by atoms with Crippen LogP contribution in [0.15, 0.2) is 12.1 Å². The van der Waals surface area contributed by atoms with Gasteiger partial charge in [-0.1, -0.05) is 0 Å². The lowest BCUT2D eigenvalue weighted by molar-refractivity contribution is -0.158. The number of pyridine rings is 2. The number of aryl methyl sites for hydroxylation is 6. The van der Waals surface area contributed by atoms with Crippen LogP contribution in [0, 0.1) is 41.5 Å². The zero-order chi connectivity index (χ0) is 18.7. The van der Waals surface area contributed by atoms with Crippen LogP contribution in [-0.2, 0) is 27.2 Å². The molecule has 0 saturated heterocycles. The first kappa shape index (κ1) is 18.8. The van der Waals surface area contributed by atoms with Crippen LogP contribution >= 0.6 is 0 Å². The Morgan fingerprint density at radius 1 is 0.760 bits per heavy atom. The van der Waals surface area contributed by atoms with E-state index in [2.05, 4.69) is 9.97 Å². The van der Waals surface area contributed by atoms with Gasteiger partial charge in [0.05, 0.1) is 12.8 Å². The van der Waals surface area contributed by atoms with Crippen molar-refractivity contribution < 1.29 is 14.3 Å². The molecule has 0 unspecified atom stereocenters. The van der Waals surface area contributed by atoms with Crippen LogP contribution in [0.4, 0.5) is 0 Å². The zero-order valence-corrected chi connectivity index (χ0v) is 15.7. The standard InChI is InChI=1S/C20H24N2O3/c1-11-7-13(3)21-15(5)17(11)9-19(23)25-20(24)10-18-12(2)8-14(4)22-16(18)6/h7-8H,9-10H2,1-6H3. The maximum absolute atomic E-state index is 12.1. The molecule has 0 saturated carbocycles. The molecule has 0 amide bonds. The van der Waals surface area contributed by atoms with Gasteiger partial charge in [-0.25, -0.2) is 0 Å². The minimum absolute atomic E-state index is 0.0425. The molecule has 0 aliphatic heterocycles. The van der Waals surface area contributed by atoms with Gasteiger partial charge in [0.2, 0.25) is 0 Å². The summed E-state index contributed by atoms with van der Waals surface area (Å²) in [6.45, 7) is 11.4. The van der Waals surface area contributed by atoms with E-state index < -0.39 is 11.9 Å². The Bertz CT molecular complexity index is 725. The maximum atomic E-state index is 12.1. The third-order valence-electron chi connectivity index (χ3n) is 4.23. The zero-order valence-electron chi connectivity index (χ0n) is 15.7. The quantitative estimate of drug-likeness (QED) is 0.631. The number of nitrogens with zero attached hydrogens (tertiary/aromatic N) is 2. The molecular formula is C20H24N2O3. The average molecular weight is 340 g/mol. The molecular weight excluding hydrogens is 316 g/mol. The molecule has 0 fully saturated rings. The van der Waals surface area contributed by atoms with E-state index in [0.29, 0.717) is 0 Å². The van der Waals surface area contributed by atoms with Crippen LogP contribution in [0.25, 0.3) is 0 Å². The lowest BCUT2D eigenvalue weighted by Crippen LogP contribution is -2.18. The number of hydrogen-bond acceptors (Lipinski definition) is 5. The normalized spacial score (nSPS) is 10.6. The number of hydrogen-bond donors (Lipinski definition) is 0. The topological polar surface area (TPSA) is 69.2 Å². The van der Waals surface area contributed by atoms with Crippen molar-refractivity contribution >= 4 is 11.9 Å². The van der Waals surface area contributed by atoms with E-state index in [9.17, 15) is 9.59 Å². The van der Waals surface area contributed by atoms with Crippen molar-refractivity contribution in [2.45, 2.75) is 54.4 Å². The van der Waals surface area contributed by atoms with Crippen LogP contribution in [-0.4, -0.2) is 21.9 Å². The van der Waals surface area contributed by atoms with Gasteiger partial charge in [0.15, 0.2) is 0 Å². The molecule has 132 valence electrons. The second kappa shape index (κ2) is 7.55. The van der Waals surface area contributed by atoms with Crippen molar-refractivity contribution in [3.63, 3.8) is 0 Å². The van der Waals surface area contributed by atoms with Gasteiger partial charge in [-0.2, -0.15) is 0 Å². The summed E-state index contributed by atoms with van der Waals surface area (Å²) in [6.07, 6.45) is 0.0849. The van der Waals surface area contributed by atoms with Crippen molar-refractivity contribution in [1.29, 1.82) is 0 Å². The Morgan fingerprint density at radius 3 is 1.44 bits per heavy atom. The summed E-state index contributed by atoms with van der Waals surface area (Å²) >= 11 is 0. The van der Waals surface area contributed by atoms with E-state index in [4.69, 9.17) is 4.74 Å². The van der Waals surface area contributed by atoms with E-state index in [1.54, 1.807) is 0 Å². The fourth-order valence-corrected chi connectivity index (χ4v) is 3.12. The summed E-state index contributed by atoms with van der Waals surface area (Å²) in [7, 11) is 0. The highest BCUT2D eigenvalue weighted by molar-refractivity contribution is 5.88. The molecule has 0 aliphatic carbocycles. The lowest BCUT2D eigenvalue weighted by atomic mass is 10.0. The van der Waals surface area contributed by atoms with Crippen LogP contribution in [0.2, 0.25) is 0 Å². The predicted octanol–water partition coefficient (Wildman–Crippen LogP) is 3.18. The summed E-state index contributed by atoms with van der Waals surface area (Å²) in [5, 5.41) is 0. The molecule has 0 aliphatic rings. The first-order chi connectivity index (χ1) is 11.7. The number of esters is 2. The van der Waals surface area contributed by atoms with Crippen molar-refractivity contribution in [2.75, 3.05) is 0 Å². The summed E-state index contributed by atoms with van der Waals surface area (Å²) in [4.78, 5) is 33.0. The highest BCUT2D eigenvalue weighted by atomic mass is 16.6. The van der Waals surface area contributed by atoms with Gasteiger partial charge in [0, 0.05) is 22.8 Å². The molecule has 2 aromatic rings. The average Bonchev–Trinajstić information content (AvgIpc) is 2.46. The van der Waals surface area contributed by atoms with Crippen LogP contribution < -0.4 is 0 Å². The molecule has 0 aromatic carbocycles. The molecule has 2 aromatic heterocycles. The second-order valence-electron chi connectivity index (χ2n) is 6.49. The summed E-state index contributed by atoms with van der Waals surface area (Å²) in [5.74, 6) is -1.12. The molecule has 5 heteroatoms. The Morgan fingerprint density at radius 2 is 1.12 bits per heavy atom. The molecule has 0 bridgehead atoms. The van der Waals surface area contributed by atoms with Gasteiger partial charge in [-0.3, -0.25) is 19.6 Å². The van der Waals surface area contributed by atoms with Gasteiger partial charge in [0.1, 0.15) is 0 Å². The predicted molar refractivity (Wildman–Crippen MR) is 95.4 cm³/mol. The third-order valence-corrected chi connectivity index (χ3v) is 4.23. The highest BCUT2D eigenvalue weighted by Crippen LogP contribution is 2.16. The van der Waals surface area contributed by atoms with E-state index >= 15 is 0 Å². The summed E-state index contributed by atoms with van der Waals surface area (Å²) in [5.41, 5.74) is 6.96. The smallest absolute Gasteiger partial charge is 0.317 e. The molecule has 0 radical (unpaired) electrons. The minimum atomic E-state index is -0.558. The Labute approximate surface area is 148 Å². The van der Waals surface area contributed by atoms with Crippen molar-refractivity contribution in [3.05, 3.63) is 57.2 Å². The highest BCUT2D eigenvalue weighted by Gasteiger charge is 2.17. The Balaban J connectivity index is 2.06. The molecule has 5 nitrogen and oxygen atoms in total. The summed E-state index contributed by atoms with van der Waals surface area (Å²) in [6, 6.07) is 3.84. The fourth-order valence-electron chi connectivity index (χ4n) is 3.12. The van der Waals surface area contributed by atoms with Crippen molar-refractivity contribution in [1.82, 2.24) is 9.97 Å². The molecule has 2 heterocycles. The Kier molecular flexibility index (Phi) is 5.67. The first-order valence-electron chi connectivity index (χ1n) is 8.28. The number of aromatic nitrogens is 2. The van der Waals surface area contributed by atoms with E-state index in [-0.39, 0.29) is 12.8 Å². The molecule has 0 N–H and O–H groups in total. The fraction of sp³-hybridized carbons (Fsp3) is 0.400. The number of carbonyl (C=O) groups is 2. The van der Waals surface area contributed by atoms with Gasteiger partial charge in [0.25, 0.3) is 0 Å². The minimum Gasteiger partial charge on any atom is -0.393 e. The number of rotatable bonds is 4.